The van der Waals surface area contributed by atoms with Gasteiger partial charge >= 0.3 is 0 Å². The summed E-state index contributed by atoms with van der Waals surface area (Å²) in [5.74, 6) is 1.76. The lowest BCUT2D eigenvalue weighted by molar-refractivity contribution is 0.360. The van der Waals surface area contributed by atoms with Crippen molar-refractivity contribution in [3.63, 3.8) is 0 Å². The molecule has 3 heterocycles. The molecule has 0 amide bonds. The maximum Gasteiger partial charge on any atom is 0.241 e. The molecular weight excluding hydrogens is 270 g/mol. The quantitative estimate of drug-likeness (QED) is 0.794. The van der Waals surface area contributed by atoms with E-state index in [4.69, 9.17) is 4.52 Å². The van der Waals surface area contributed by atoms with E-state index in [0.29, 0.717) is 30.5 Å². The molecule has 102 valence electrons. The normalized spacial score (nSPS) is 21.8. The van der Waals surface area contributed by atoms with E-state index in [9.17, 15) is 8.42 Å². The molecule has 8 nitrogen and oxygen atoms in total. The first kappa shape index (κ1) is 12.3. The fraction of sp³-hybridized carbons (Fsp3) is 0.500. The molecule has 9 heteroatoms. The van der Waals surface area contributed by atoms with Crippen molar-refractivity contribution in [3.05, 3.63) is 18.3 Å². The van der Waals surface area contributed by atoms with Crippen molar-refractivity contribution < 1.29 is 12.9 Å². The largest absolute Gasteiger partial charge is 0.342 e. The van der Waals surface area contributed by atoms with Gasteiger partial charge in [-0.15, -0.1) is 0 Å². The molecule has 19 heavy (non-hydrogen) atoms. The number of hydrogen-bond acceptors (Lipinski definition) is 7. The molecule has 1 aliphatic rings. The first-order valence-electron chi connectivity index (χ1n) is 5.88. The average molecular weight is 283 g/mol. The van der Waals surface area contributed by atoms with Crippen LogP contribution in [-0.4, -0.2) is 46.1 Å². The Hall–Kier alpha value is -1.74. The zero-order chi connectivity index (χ0) is 13.3. The molecule has 1 atom stereocenters. The van der Waals surface area contributed by atoms with E-state index in [-0.39, 0.29) is 17.5 Å². The van der Waals surface area contributed by atoms with Crippen LogP contribution in [0.5, 0.6) is 0 Å². The summed E-state index contributed by atoms with van der Waals surface area (Å²) in [5.41, 5.74) is 0. The first-order chi connectivity index (χ1) is 9.12. The van der Waals surface area contributed by atoms with E-state index in [1.54, 1.807) is 12.4 Å². The number of nitrogens with zero attached hydrogens (tertiary/aromatic N) is 3. The molecule has 0 spiro atoms. The van der Waals surface area contributed by atoms with Crippen LogP contribution in [-0.2, 0) is 16.4 Å². The lowest BCUT2D eigenvalue weighted by atomic mass is 10.3. The van der Waals surface area contributed by atoms with Crippen LogP contribution in [0.4, 0.5) is 0 Å². The van der Waals surface area contributed by atoms with Crippen LogP contribution in [0.15, 0.2) is 16.9 Å². The SMILES string of the molecule is O=S1(=O)CCC(NCc2nc(-c3ncc[nH]3)no2)C1. The van der Waals surface area contributed by atoms with Crippen LogP contribution in [0, 0.1) is 0 Å². The Balaban J connectivity index is 1.59. The summed E-state index contributed by atoms with van der Waals surface area (Å²) in [5, 5.41) is 6.90. The van der Waals surface area contributed by atoms with Gasteiger partial charge in [-0.25, -0.2) is 13.4 Å². The number of sulfone groups is 1. The van der Waals surface area contributed by atoms with Gasteiger partial charge in [0.2, 0.25) is 11.7 Å². The zero-order valence-corrected chi connectivity index (χ0v) is 10.9. The highest BCUT2D eigenvalue weighted by molar-refractivity contribution is 7.91. The summed E-state index contributed by atoms with van der Waals surface area (Å²) in [6, 6.07) is -0.0380. The van der Waals surface area contributed by atoms with Crippen molar-refractivity contribution >= 4 is 9.84 Å². The van der Waals surface area contributed by atoms with E-state index in [1.165, 1.54) is 0 Å². The van der Waals surface area contributed by atoms with E-state index in [2.05, 4.69) is 25.4 Å². The number of nitrogens with one attached hydrogen (secondary N) is 2. The molecule has 0 aromatic carbocycles. The number of H-pyrrole nitrogens is 1. The Morgan fingerprint density at radius 2 is 2.42 bits per heavy atom. The number of imidazole rings is 1. The summed E-state index contributed by atoms with van der Waals surface area (Å²) < 4.78 is 27.7. The lowest BCUT2D eigenvalue weighted by Crippen LogP contribution is -2.29. The molecule has 1 aliphatic heterocycles. The molecule has 0 bridgehead atoms. The fourth-order valence-corrected chi connectivity index (χ4v) is 3.71. The standard InChI is InChI=1S/C10H13N5O3S/c16-19(17)4-1-7(6-19)13-5-8-14-10(15-18-8)9-11-2-3-12-9/h2-3,7,13H,1,4-6H2,(H,11,12). The van der Waals surface area contributed by atoms with Gasteiger partial charge in [-0.05, 0) is 6.42 Å². The molecule has 0 saturated carbocycles. The highest BCUT2D eigenvalue weighted by Gasteiger charge is 2.27. The Bertz CT molecular complexity index is 649. The van der Waals surface area contributed by atoms with Crippen LogP contribution < -0.4 is 5.32 Å². The van der Waals surface area contributed by atoms with Crippen molar-refractivity contribution in [2.75, 3.05) is 11.5 Å². The Morgan fingerprint density at radius 3 is 3.11 bits per heavy atom. The smallest absolute Gasteiger partial charge is 0.241 e. The third-order valence-corrected chi connectivity index (χ3v) is 4.72. The highest BCUT2D eigenvalue weighted by atomic mass is 32.2. The number of aromatic amines is 1. The molecule has 1 unspecified atom stereocenters. The molecule has 2 aromatic rings. The van der Waals surface area contributed by atoms with E-state index >= 15 is 0 Å². The van der Waals surface area contributed by atoms with Crippen molar-refractivity contribution in [1.82, 2.24) is 25.4 Å². The van der Waals surface area contributed by atoms with Gasteiger partial charge in [0, 0.05) is 18.4 Å². The minimum absolute atomic E-state index is 0.0380. The second kappa shape index (κ2) is 4.74. The van der Waals surface area contributed by atoms with Crippen molar-refractivity contribution in [2.24, 2.45) is 0 Å². The molecule has 1 fully saturated rings. The van der Waals surface area contributed by atoms with Gasteiger partial charge in [-0.3, -0.25) is 0 Å². The topological polar surface area (TPSA) is 114 Å². The second-order valence-electron chi connectivity index (χ2n) is 4.43. The van der Waals surface area contributed by atoms with Gasteiger partial charge in [0.25, 0.3) is 0 Å². The van der Waals surface area contributed by atoms with Gasteiger partial charge in [0.1, 0.15) is 0 Å². The van der Waals surface area contributed by atoms with Gasteiger partial charge in [0.05, 0.1) is 18.1 Å². The number of rotatable bonds is 4. The predicted molar refractivity (Wildman–Crippen MR) is 65.8 cm³/mol. The summed E-state index contributed by atoms with van der Waals surface area (Å²) in [6.07, 6.45) is 3.90. The Labute approximate surface area is 109 Å². The number of hydrogen-bond donors (Lipinski definition) is 2. The van der Waals surface area contributed by atoms with Crippen molar-refractivity contribution in [3.8, 4) is 11.6 Å². The van der Waals surface area contributed by atoms with Crippen LogP contribution in [0.25, 0.3) is 11.6 Å². The molecule has 2 N–H and O–H groups in total. The summed E-state index contributed by atoms with van der Waals surface area (Å²) in [4.78, 5) is 11.1. The maximum atomic E-state index is 11.3. The second-order valence-corrected chi connectivity index (χ2v) is 6.66. The summed E-state index contributed by atoms with van der Waals surface area (Å²) in [6.45, 7) is 0.355. The van der Waals surface area contributed by atoms with Crippen molar-refractivity contribution in [2.45, 2.75) is 19.0 Å². The first-order valence-corrected chi connectivity index (χ1v) is 7.71. The molecule has 1 saturated heterocycles. The van der Waals surface area contributed by atoms with E-state index in [0.717, 1.165) is 0 Å². The highest BCUT2D eigenvalue weighted by Crippen LogP contribution is 2.13. The van der Waals surface area contributed by atoms with Crippen LogP contribution in [0.2, 0.25) is 0 Å². The minimum Gasteiger partial charge on any atom is -0.342 e. The van der Waals surface area contributed by atoms with Gasteiger partial charge < -0.3 is 14.8 Å². The molecule has 0 radical (unpaired) electrons. The van der Waals surface area contributed by atoms with E-state index < -0.39 is 9.84 Å². The van der Waals surface area contributed by atoms with E-state index in [1.807, 2.05) is 0 Å². The summed E-state index contributed by atoms with van der Waals surface area (Å²) in [7, 11) is -2.87. The molecule has 0 aliphatic carbocycles. The number of aromatic nitrogens is 4. The molecular formula is C10H13N5O3S. The molecule has 2 aromatic heterocycles. The van der Waals surface area contributed by atoms with Crippen LogP contribution in [0.1, 0.15) is 12.3 Å². The predicted octanol–water partition coefficient (Wildman–Crippen LogP) is -0.264. The Morgan fingerprint density at radius 1 is 1.53 bits per heavy atom. The fourth-order valence-electron chi connectivity index (χ4n) is 2.00. The monoisotopic (exact) mass is 283 g/mol. The van der Waals surface area contributed by atoms with Gasteiger partial charge in [-0.2, -0.15) is 4.98 Å². The van der Waals surface area contributed by atoms with Crippen LogP contribution >= 0.6 is 0 Å². The lowest BCUT2D eigenvalue weighted by Gasteiger charge is -2.06. The zero-order valence-electron chi connectivity index (χ0n) is 10.0. The average Bonchev–Trinajstić information content (AvgIpc) is 3.04. The van der Waals surface area contributed by atoms with Crippen molar-refractivity contribution in [1.29, 1.82) is 0 Å². The van der Waals surface area contributed by atoms with Gasteiger partial charge in [-0.1, -0.05) is 5.16 Å². The third kappa shape index (κ3) is 2.82. The third-order valence-electron chi connectivity index (χ3n) is 2.95. The maximum absolute atomic E-state index is 11.3. The van der Waals surface area contributed by atoms with Gasteiger partial charge in [0.15, 0.2) is 15.7 Å². The minimum atomic E-state index is -2.87. The Kier molecular flexibility index (Phi) is 3.07. The molecule has 3 rings (SSSR count). The van der Waals surface area contributed by atoms with Crippen LogP contribution in [0.3, 0.4) is 0 Å². The summed E-state index contributed by atoms with van der Waals surface area (Å²) >= 11 is 0.